The minimum Gasteiger partial charge on any atom is -0.392 e. The first kappa shape index (κ1) is 20.1. The first-order valence-corrected chi connectivity index (χ1v) is 9.69. The first-order valence-electron chi connectivity index (χ1n) is 8.25. The molecule has 3 N–H and O–H groups in total. The predicted molar refractivity (Wildman–Crippen MR) is 95.9 cm³/mol. The zero-order chi connectivity index (χ0) is 17.2. The Balaban J connectivity index is 0.00000225. The van der Waals surface area contributed by atoms with Gasteiger partial charge in [-0.05, 0) is 37.0 Å². The molecule has 2 unspecified atom stereocenters. The molecule has 2 heterocycles. The summed E-state index contributed by atoms with van der Waals surface area (Å²) in [6.45, 7) is 1.93. The molecule has 2 fully saturated rings. The topological polar surface area (TPSA) is 98.7 Å². The molecule has 0 bridgehead atoms. The summed E-state index contributed by atoms with van der Waals surface area (Å²) in [5, 5.41) is 15.2. The lowest BCUT2D eigenvalue weighted by molar-refractivity contribution is -0.123. The molecule has 1 aromatic rings. The highest BCUT2D eigenvalue weighted by Crippen LogP contribution is 2.21. The fourth-order valence-corrected chi connectivity index (χ4v) is 4.60. The second kappa shape index (κ2) is 8.46. The maximum absolute atomic E-state index is 12.4. The van der Waals surface area contributed by atoms with Crippen LogP contribution in [0, 0.1) is 0 Å². The minimum absolute atomic E-state index is 0. The van der Waals surface area contributed by atoms with E-state index in [1.165, 1.54) is 4.31 Å². The second-order valence-corrected chi connectivity index (χ2v) is 8.26. The average Bonchev–Trinajstić information content (AvgIpc) is 3.25. The van der Waals surface area contributed by atoms with E-state index in [0.717, 1.165) is 18.4 Å². The van der Waals surface area contributed by atoms with Gasteiger partial charge in [-0.15, -0.1) is 12.4 Å². The number of hydrogen-bond donors (Lipinski definition) is 3. The number of aliphatic hydroxyl groups excluding tert-OH is 1. The zero-order valence-corrected chi connectivity index (χ0v) is 15.5. The molecule has 0 aliphatic carbocycles. The van der Waals surface area contributed by atoms with E-state index in [2.05, 4.69) is 10.6 Å². The Morgan fingerprint density at radius 1 is 1.24 bits per heavy atom. The third kappa shape index (κ3) is 4.71. The quantitative estimate of drug-likeness (QED) is 0.669. The molecule has 140 valence electrons. The summed E-state index contributed by atoms with van der Waals surface area (Å²) in [6.07, 6.45) is 1.76. The van der Waals surface area contributed by atoms with Gasteiger partial charge in [-0.2, -0.15) is 4.31 Å². The van der Waals surface area contributed by atoms with Crippen LogP contribution in [0.5, 0.6) is 0 Å². The Morgan fingerprint density at radius 2 is 1.88 bits per heavy atom. The summed E-state index contributed by atoms with van der Waals surface area (Å²) in [5.74, 6) is -0.152. The molecule has 0 spiro atoms. The van der Waals surface area contributed by atoms with Crippen molar-refractivity contribution in [3.8, 4) is 0 Å². The molecule has 9 heteroatoms. The van der Waals surface area contributed by atoms with E-state index in [-0.39, 0.29) is 24.4 Å². The SMILES string of the molecule is Cl.O=C(NCc1ccc(S(=O)(=O)N2CCCC2)cc1)C1CC(O)CN1. The number of sulfonamides is 1. The molecule has 2 atom stereocenters. The second-order valence-electron chi connectivity index (χ2n) is 6.32. The number of carbonyl (C=O) groups excluding carboxylic acids is 1. The number of nitrogens with zero attached hydrogens (tertiary/aromatic N) is 1. The maximum Gasteiger partial charge on any atom is 0.243 e. The van der Waals surface area contributed by atoms with Crippen molar-refractivity contribution in [3.63, 3.8) is 0 Å². The summed E-state index contributed by atoms with van der Waals surface area (Å²) in [6, 6.07) is 6.26. The largest absolute Gasteiger partial charge is 0.392 e. The van der Waals surface area contributed by atoms with Crippen molar-refractivity contribution in [2.24, 2.45) is 0 Å². The van der Waals surface area contributed by atoms with Crippen LogP contribution in [-0.4, -0.2) is 55.5 Å². The van der Waals surface area contributed by atoms with Crippen LogP contribution in [0.25, 0.3) is 0 Å². The van der Waals surface area contributed by atoms with Crippen LogP contribution in [-0.2, 0) is 21.4 Å². The van der Waals surface area contributed by atoms with E-state index in [4.69, 9.17) is 0 Å². The summed E-state index contributed by atoms with van der Waals surface area (Å²) in [5.41, 5.74) is 0.835. The molecule has 25 heavy (non-hydrogen) atoms. The zero-order valence-electron chi connectivity index (χ0n) is 13.8. The number of amides is 1. The third-order valence-corrected chi connectivity index (χ3v) is 6.43. The van der Waals surface area contributed by atoms with Crippen molar-refractivity contribution < 1.29 is 18.3 Å². The molecule has 0 saturated carbocycles. The standard InChI is InChI=1S/C16H23N3O4S.ClH/c20-13-9-15(17-11-13)16(21)18-10-12-3-5-14(6-4-12)24(22,23)19-7-1-2-8-19;/h3-6,13,15,17,20H,1-2,7-11H2,(H,18,21);1H. The number of aliphatic hydroxyl groups is 1. The number of benzene rings is 1. The lowest BCUT2D eigenvalue weighted by Crippen LogP contribution is -2.40. The van der Waals surface area contributed by atoms with Gasteiger partial charge < -0.3 is 15.7 Å². The van der Waals surface area contributed by atoms with Crippen LogP contribution in [0.1, 0.15) is 24.8 Å². The predicted octanol–water partition coefficient (Wildman–Crippen LogP) is 0.232. The van der Waals surface area contributed by atoms with Crippen molar-refractivity contribution in [1.29, 1.82) is 0 Å². The van der Waals surface area contributed by atoms with E-state index in [1.807, 2.05) is 0 Å². The molecule has 2 aliphatic heterocycles. The van der Waals surface area contributed by atoms with Crippen molar-refractivity contribution in [2.75, 3.05) is 19.6 Å². The van der Waals surface area contributed by atoms with Gasteiger partial charge in [0, 0.05) is 26.2 Å². The van der Waals surface area contributed by atoms with Crippen LogP contribution >= 0.6 is 12.4 Å². The summed E-state index contributed by atoms with van der Waals surface area (Å²) < 4.78 is 26.4. The molecule has 3 rings (SSSR count). The number of rotatable bonds is 5. The molecule has 0 aromatic heterocycles. The highest BCUT2D eigenvalue weighted by atomic mass is 35.5. The Bertz CT molecular complexity index is 690. The van der Waals surface area contributed by atoms with Crippen molar-refractivity contribution in [1.82, 2.24) is 14.9 Å². The number of halogens is 1. The average molecular weight is 390 g/mol. The lowest BCUT2D eigenvalue weighted by atomic mass is 10.2. The third-order valence-electron chi connectivity index (χ3n) is 4.52. The van der Waals surface area contributed by atoms with Crippen molar-refractivity contribution >= 4 is 28.3 Å². The van der Waals surface area contributed by atoms with Gasteiger partial charge in [-0.1, -0.05) is 12.1 Å². The van der Waals surface area contributed by atoms with Gasteiger partial charge in [-0.3, -0.25) is 4.79 Å². The van der Waals surface area contributed by atoms with Gasteiger partial charge in [0.2, 0.25) is 15.9 Å². The van der Waals surface area contributed by atoms with Crippen LogP contribution in [0.2, 0.25) is 0 Å². The summed E-state index contributed by atoms with van der Waals surface area (Å²) >= 11 is 0. The van der Waals surface area contributed by atoms with Crippen LogP contribution in [0.4, 0.5) is 0 Å². The van der Waals surface area contributed by atoms with Crippen molar-refractivity contribution in [3.05, 3.63) is 29.8 Å². The van der Waals surface area contributed by atoms with E-state index in [9.17, 15) is 18.3 Å². The molecule has 7 nitrogen and oxygen atoms in total. The van der Waals surface area contributed by atoms with Gasteiger partial charge in [0.25, 0.3) is 0 Å². The normalized spacial score (nSPS) is 24.0. The monoisotopic (exact) mass is 389 g/mol. The highest BCUT2D eigenvalue weighted by Gasteiger charge is 2.28. The Morgan fingerprint density at radius 3 is 2.44 bits per heavy atom. The van der Waals surface area contributed by atoms with Crippen molar-refractivity contribution in [2.45, 2.75) is 42.8 Å². The van der Waals surface area contributed by atoms with Crippen LogP contribution in [0.3, 0.4) is 0 Å². The first-order chi connectivity index (χ1) is 11.5. The number of nitrogens with one attached hydrogen (secondary N) is 2. The van der Waals surface area contributed by atoms with Gasteiger partial charge in [0.1, 0.15) is 0 Å². The van der Waals surface area contributed by atoms with Gasteiger partial charge >= 0.3 is 0 Å². The molecular formula is C16H24ClN3O4S. The van der Waals surface area contributed by atoms with Crippen LogP contribution < -0.4 is 10.6 Å². The van der Waals surface area contributed by atoms with Gasteiger partial charge in [0.15, 0.2) is 0 Å². The lowest BCUT2D eigenvalue weighted by Gasteiger charge is -2.16. The number of carbonyl (C=O) groups is 1. The fraction of sp³-hybridized carbons (Fsp3) is 0.562. The molecule has 2 saturated heterocycles. The Hall–Kier alpha value is -1.19. The highest BCUT2D eigenvalue weighted by molar-refractivity contribution is 7.89. The minimum atomic E-state index is -3.40. The molecule has 2 aliphatic rings. The summed E-state index contributed by atoms with van der Waals surface area (Å²) in [4.78, 5) is 12.3. The van der Waals surface area contributed by atoms with E-state index >= 15 is 0 Å². The molecule has 1 aromatic carbocycles. The molecule has 0 radical (unpaired) electrons. The smallest absolute Gasteiger partial charge is 0.243 e. The van der Waals surface area contributed by atoms with E-state index in [1.54, 1.807) is 24.3 Å². The van der Waals surface area contributed by atoms with Crippen LogP contribution in [0.15, 0.2) is 29.2 Å². The Kier molecular flexibility index (Phi) is 6.81. The fourth-order valence-electron chi connectivity index (χ4n) is 3.09. The van der Waals surface area contributed by atoms with E-state index < -0.39 is 16.1 Å². The number of β-amino-alcohol motifs (C(OH)–C–C–N with tert-alkyl or cyclic N) is 1. The Labute approximate surface area is 154 Å². The number of hydrogen-bond acceptors (Lipinski definition) is 5. The van der Waals surface area contributed by atoms with E-state index in [0.29, 0.717) is 37.5 Å². The molecular weight excluding hydrogens is 366 g/mol. The van der Waals surface area contributed by atoms with Gasteiger partial charge in [-0.25, -0.2) is 8.42 Å². The maximum atomic E-state index is 12.4. The molecule has 1 amide bonds. The van der Waals surface area contributed by atoms with Gasteiger partial charge in [0.05, 0.1) is 17.0 Å². The summed E-state index contributed by atoms with van der Waals surface area (Å²) in [7, 11) is -3.40.